The Morgan fingerprint density at radius 1 is 1.12 bits per heavy atom. The van der Waals surface area contributed by atoms with Gasteiger partial charge in [-0.25, -0.2) is 8.42 Å². The van der Waals surface area contributed by atoms with Gasteiger partial charge in [-0.1, -0.05) is 54.8 Å². The van der Waals surface area contributed by atoms with Crippen LogP contribution in [0, 0.1) is 5.92 Å². The molecule has 0 unspecified atom stereocenters. The maximum Gasteiger partial charge on any atom is 0.241 e. The van der Waals surface area contributed by atoms with Crippen molar-refractivity contribution in [1.29, 1.82) is 0 Å². The minimum absolute atomic E-state index is 0.0378. The highest BCUT2D eigenvalue weighted by atomic mass is 35.5. The van der Waals surface area contributed by atoms with Gasteiger partial charge in [-0.2, -0.15) is 4.72 Å². The van der Waals surface area contributed by atoms with Crippen molar-refractivity contribution in [2.75, 3.05) is 13.1 Å². The minimum Gasteiger partial charge on any atom is -0.389 e. The van der Waals surface area contributed by atoms with Gasteiger partial charge < -0.3 is 10.0 Å². The van der Waals surface area contributed by atoms with Crippen LogP contribution in [0.1, 0.15) is 37.7 Å². The molecule has 1 amide bonds. The summed E-state index contributed by atoms with van der Waals surface area (Å²) in [5.41, 5.74) is 0.110. The van der Waals surface area contributed by atoms with Crippen LogP contribution in [-0.4, -0.2) is 49.1 Å². The van der Waals surface area contributed by atoms with E-state index in [1.807, 2.05) is 0 Å². The maximum absolute atomic E-state index is 13.5. The van der Waals surface area contributed by atoms with E-state index in [0.717, 1.165) is 31.2 Å². The molecule has 1 saturated carbocycles. The van der Waals surface area contributed by atoms with E-state index in [9.17, 15) is 18.3 Å². The van der Waals surface area contributed by atoms with E-state index in [0.29, 0.717) is 24.5 Å². The van der Waals surface area contributed by atoms with Gasteiger partial charge in [0.25, 0.3) is 0 Å². The molecule has 32 heavy (non-hydrogen) atoms. The fraction of sp³-hybridized carbons (Fsp3) is 0.458. The molecule has 1 saturated heterocycles. The number of amides is 1. The molecule has 0 bridgehead atoms. The molecule has 1 aliphatic heterocycles. The summed E-state index contributed by atoms with van der Waals surface area (Å²) in [6.45, 7) is 0.884. The molecule has 2 fully saturated rings. The summed E-state index contributed by atoms with van der Waals surface area (Å²) in [6.07, 6.45) is 4.46. The van der Waals surface area contributed by atoms with Crippen LogP contribution in [-0.2, 0) is 21.2 Å². The van der Waals surface area contributed by atoms with Crippen molar-refractivity contribution in [3.63, 3.8) is 0 Å². The van der Waals surface area contributed by atoms with Crippen molar-refractivity contribution in [2.24, 2.45) is 5.92 Å². The summed E-state index contributed by atoms with van der Waals surface area (Å²) in [6, 6.07) is 14.2. The molecule has 2 aromatic rings. The van der Waals surface area contributed by atoms with Crippen LogP contribution >= 0.6 is 11.6 Å². The number of piperidine rings is 1. The highest BCUT2D eigenvalue weighted by Gasteiger charge is 2.44. The van der Waals surface area contributed by atoms with Crippen LogP contribution in [0.15, 0.2) is 59.5 Å². The van der Waals surface area contributed by atoms with Crippen molar-refractivity contribution in [1.82, 2.24) is 9.62 Å². The third-order valence-electron chi connectivity index (χ3n) is 6.74. The zero-order valence-electron chi connectivity index (χ0n) is 17.9. The van der Waals surface area contributed by atoms with Gasteiger partial charge in [-0.15, -0.1) is 0 Å². The van der Waals surface area contributed by atoms with Crippen molar-refractivity contribution in [2.45, 2.75) is 55.1 Å². The number of benzene rings is 2. The van der Waals surface area contributed by atoms with Crippen LogP contribution < -0.4 is 4.72 Å². The first-order valence-corrected chi connectivity index (χ1v) is 13.0. The number of sulfonamides is 1. The van der Waals surface area contributed by atoms with Crippen molar-refractivity contribution < 1.29 is 18.3 Å². The third kappa shape index (κ3) is 5.17. The van der Waals surface area contributed by atoms with Crippen LogP contribution in [0.5, 0.6) is 0 Å². The Morgan fingerprint density at radius 2 is 1.84 bits per heavy atom. The maximum atomic E-state index is 13.5. The molecule has 1 aliphatic carbocycles. The first kappa shape index (κ1) is 23.2. The monoisotopic (exact) mass is 476 g/mol. The fourth-order valence-electron chi connectivity index (χ4n) is 4.88. The summed E-state index contributed by atoms with van der Waals surface area (Å²) in [5.74, 6) is -0.219. The van der Waals surface area contributed by atoms with E-state index in [-0.39, 0.29) is 23.1 Å². The summed E-state index contributed by atoms with van der Waals surface area (Å²) >= 11 is 5.99. The largest absolute Gasteiger partial charge is 0.389 e. The van der Waals surface area contributed by atoms with Gasteiger partial charge in [0.2, 0.25) is 15.9 Å². The topological polar surface area (TPSA) is 86.7 Å². The Morgan fingerprint density at radius 3 is 2.56 bits per heavy atom. The zero-order chi connectivity index (χ0) is 22.8. The lowest BCUT2D eigenvalue weighted by molar-refractivity contribution is -0.145. The molecular weight excluding hydrogens is 448 g/mol. The molecule has 6 nitrogen and oxygen atoms in total. The Hall–Kier alpha value is -1.93. The van der Waals surface area contributed by atoms with Gasteiger partial charge >= 0.3 is 0 Å². The molecule has 1 heterocycles. The van der Waals surface area contributed by atoms with Crippen molar-refractivity contribution >= 4 is 27.5 Å². The number of carbonyl (C=O) groups is 1. The summed E-state index contributed by atoms with van der Waals surface area (Å²) in [7, 11) is -3.88. The fourth-order valence-corrected chi connectivity index (χ4v) is 6.22. The first-order valence-electron chi connectivity index (χ1n) is 11.1. The second kappa shape index (κ2) is 9.51. The zero-order valence-corrected chi connectivity index (χ0v) is 19.5. The van der Waals surface area contributed by atoms with E-state index in [2.05, 4.69) is 4.72 Å². The average Bonchev–Trinajstić information content (AvgIpc) is 2.79. The number of nitrogens with one attached hydrogen (secondary N) is 1. The first-order chi connectivity index (χ1) is 15.3. The number of nitrogens with zero attached hydrogens (tertiary/aromatic N) is 1. The molecule has 4 rings (SSSR count). The molecule has 2 N–H and O–H groups in total. The molecule has 8 heteroatoms. The van der Waals surface area contributed by atoms with Gasteiger partial charge in [0, 0.05) is 24.0 Å². The predicted octanol–water partition coefficient (Wildman–Crippen LogP) is 3.38. The lowest BCUT2D eigenvalue weighted by Gasteiger charge is -2.48. The van der Waals surface area contributed by atoms with E-state index in [1.165, 1.54) is 12.1 Å². The smallest absolute Gasteiger partial charge is 0.241 e. The van der Waals surface area contributed by atoms with Gasteiger partial charge in [-0.05, 0) is 55.5 Å². The highest BCUT2D eigenvalue weighted by Crippen LogP contribution is 2.40. The van der Waals surface area contributed by atoms with E-state index < -0.39 is 21.7 Å². The van der Waals surface area contributed by atoms with E-state index >= 15 is 0 Å². The second-order valence-corrected chi connectivity index (χ2v) is 11.0. The number of carbonyl (C=O) groups excluding carboxylic acids is 1. The summed E-state index contributed by atoms with van der Waals surface area (Å²) in [4.78, 5) is 15.4. The minimum atomic E-state index is -3.88. The lowest BCUT2D eigenvalue weighted by atomic mass is 9.71. The Labute approximate surface area is 194 Å². The molecule has 172 valence electrons. The number of hydrogen-bond acceptors (Lipinski definition) is 4. The normalized spacial score (nSPS) is 24.6. The quantitative estimate of drug-likeness (QED) is 0.669. The number of aliphatic hydroxyl groups is 1. The molecule has 2 aliphatic rings. The summed E-state index contributed by atoms with van der Waals surface area (Å²) < 4.78 is 28.7. The molecule has 0 aromatic heterocycles. The Balaban J connectivity index is 1.57. The molecular formula is C24H29ClN2O4S. The number of rotatable bonds is 6. The molecule has 0 spiro atoms. The number of halogens is 1. The standard InChI is InChI=1S/C24H29ClN2O4S/c25-20-11-9-18(10-12-20)16-22(26-32(30,31)21-7-2-1-3-8-21)23(28)27-15-14-24(29)13-5-4-6-19(24)17-27/h1-3,7-12,19,22,26,29H,4-6,13-17H2/t19-,22+,24-/m0/s1. The van der Waals surface area contributed by atoms with Gasteiger partial charge in [0.1, 0.15) is 6.04 Å². The van der Waals surface area contributed by atoms with E-state index in [1.54, 1.807) is 47.4 Å². The SMILES string of the molecule is O=C([C@@H](Cc1ccc(Cl)cc1)NS(=O)(=O)c1ccccc1)N1CC[C@@]2(O)CCCC[C@H]2C1. The third-order valence-corrected chi connectivity index (χ3v) is 8.48. The number of likely N-dealkylation sites (tertiary alicyclic amines) is 1. The number of hydrogen-bond donors (Lipinski definition) is 2. The Kier molecular flexibility index (Phi) is 6.91. The average molecular weight is 477 g/mol. The van der Waals surface area contributed by atoms with Crippen LogP contribution in [0.3, 0.4) is 0 Å². The van der Waals surface area contributed by atoms with Crippen LogP contribution in [0.25, 0.3) is 0 Å². The lowest BCUT2D eigenvalue weighted by Crippen LogP contribution is -2.58. The number of fused-ring (bicyclic) bond motifs is 1. The van der Waals surface area contributed by atoms with Gasteiger partial charge in [0.05, 0.1) is 10.5 Å². The second-order valence-electron chi connectivity index (χ2n) is 8.90. The van der Waals surface area contributed by atoms with Crippen molar-refractivity contribution in [3.05, 3.63) is 65.2 Å². The molecule has 2 aromatic carbocycles. The molecule has 0 radical (unpaired) electrons. The van der Waals surface area contributed by atoms with Crippen molar-refractivity contribution in [3.8, 4) is 0 Å². The van der Waals surface area contributed by atoms with E-state index in [4.69, 9.17) is 11.6 Å². The van der Waals surface area contributed by atoms with Gasteiger partial charge in [-0.3, -0.25) is 4.79 Å². The predicted molar refractivity (Wildman–Crippen MR) is 124 cm³/mol. The van der Waals surface area contributed by atoms with Gasteiger partial charge in [0.15, 0.2) is 0 Å². The van der Waals surface area contributed by atoms with Crippen LogP contribution in [0.4, 0.5) is 0 Å². The van der Waals surface area contributed by atoms with Crippen LogP contribution in [0.2, 0.25) is 5.02 Å². The molecule has 3 atom stereocenters. The highest BCUT2D eigenvalue weighted by molar-refractivity contribution is 7.89. The summed E-state index contributed by atoms with van der Waals surface area (Å²) in [5, 5.41) is 11.5. The Bertz CT molecular complexity index is 1050.